The summed E-state index contributed by atoms with van der Waals surface area (Å²) in [6, 6.07) is 0. The molecule has 0 saturated carbocycles. The molecule has 2 heterocycles. The molecule has 6 heteroatoms. The summed E-state index contributed by atoms with van der Waals surface area (Å²) in [5, 5.41) is 6.86. The Morgan fingerprint density at radius 1 is 1.61 bits per heavy atom. The number of rotatable bonds is 5. The number of aromatic nitrogens is 1. The van der Waals surface area contributed by atoms with Crippen LogP contribution in [-0.2, 0) is 9.53 Å². The molecule has 2 N–H and O–H groups in total. The highest BCUT2D eigenvalue weighted by Crippen LogP contribution is 2.31. The maximum Gasteiger partial charge on any atom is 0.228 e. The monoisotopic (exact) mass is 269 g/mol. The Kier molecular flexibility index (Phi) is 5.10. The molecule has 0 unspecified atom stereocenters. The highest BCUT2D eigenvalue weighted by atomic mass is 32.1. The number of amides is 1. The Labute approximate surface area is 111 Å². The summed E-state index contributed by atoms with van der Waals surface area (Å²) >= 11 is 1.59. The van der Waals surface area contributed by atoms with Crippen molar-refractivity contribution >= 4 is 22.4 Å². The number of hydrogen-bond acceptors (Lipinski definition) is 5. The summed E-state index contributed by atoms with van der Waals surface area (Å²) in [6.45, 7) is 2.58. The number of piperidine rings is 1. The molecule has 100 valence electrons. The number of nitrogens with zero attached hydrogens (tertiary/aromatic N) is 1. The van der Waals surface area contributed by atoms with Crippen LogP contribution in [0.2, 0.25) is 0 Å². The Bertz CT molecular complexity index is 388. The van der Waals surface area contributed by atoms with E-state index in [2.05, 4.69) is 15.6 Å². The van der Waals surface area contributed by atoms with Crippen LogP contribution in [0.1, 0.15) is 30.1 Å². The maximum atomic E-state index is 11.5. The second kappa shape index (κ2) is 6.82. The van der Waals surface area contributed by atoms with Crippen molar-refractivity contribution in [2.75, 3.05) is 32.1 Å². The van der Waals surface area contributed by atoms with E-state index in [1.54, 1.807) is 18.4 Å². The Hall–Kier alpha value is -0.980. The first kappa shape index (κ1) is 13.5. The van der Waals surface area contributed by atoms with Crippen molar-refractivity contribution in [2.45, 2.75) is 25.2 Å². The molecule has 0 aliphatic carbocycles. The number of ether oxygens (including phenoxy) is 1. The lowest BCUT2D eigenvalue weighted by Crippen LogP contribution is -2.26. The van der Waals surface area contributed by atoms with Crippen molar-refractivity contribution in [3.05, 3.63) is 11.1 Å². The molecule has 1 amide bonds. The molecular formula is C12H19N3O2S. The average Bonchev–Trinajstić information content (AvgIpc) is 2.86. The number of carbonyl (C=O) groups is 1. The molecule has 2 rings (SSSR count). The van der Waals surface area contributed by atoms with E-state index in [0.717, 1.165) is 25.9 Å². The van der Waals surface area contributed by atoms with Crippen molar-refractivity contribution in [3.8, 4) is 0 Å². The summed E-state index contributed by atoms with van der Waals surface area (Å²) in [4.78, 5) is 17.1. The highest BCUT2D eigenvalue weighted by molar-refractivity contribution is 7.15. The molecule has 1 aromatic rings. The van der Waals surface area contributed by atoms with Crippen molar-refractivity contribution in [3.63, 3.8) is 0 Å². The number of hydrogen-bond donors (Lipinski definition) is 2. The van der Waals surface area contributed by atoms with E-state index < -0.39 is 0 Å². The third kappa shape index (κ3) is 3.76. The molecule has 0 aromatic carbocycles. The van der Waals surface area contributed by atoms with E-state index in [4.69, 9.17) is 4.74 Å². The van der Waals surface area contributed by atoms with E-state index in [1.165, 1.54) is 4.88 Å². The summed E-state index contributed by atoms with van der Waals surface area (Å²) in [6.07, 6.45) is 4.57. The van der Waals surface area contributed by atoms with Gasteiger partial charge in [0.15, 0.2) is 5.13 Å². The first-order chi connectivity index (χ1) is 8.79. The third-order valence-corrected chi connectivity index (χ3v) is 4.12. The van der Waals surface area contributed by atoms with Gasteiger partial charge in [-0.3, -0.25) is 4.79 Å². The fourth-order valence-corrected chi connectivity index (χ4v) is 3.02. The fraction of sp³-hybridized carbons (Fsp3) is 0.667. The van der Waals surface area contributed by atoms with E-state index in [0.29, 0.717) is 24.1 Å². The van der Waals surface area contributed by atoms with Gasteiger partial charge in [-0.1, -0.05) is 0 Å². The lowest BCUT2D eigenvalue weighted by atomic mass is 9.97. The molecule has 1 fully saturated rings. The zero-order valence-corrected chi connectivity index (χ0v) is 11.4. The van der Waals surface area contributed by atoms with E-state index in [-0.39, 0.29) is 5.91 Å². The van der Waals surface area contributed by atoms with Gasteiger partial charge >= 0.3 is 0 Å². The number of carbonyl (C=O) groups excluding carboxylic acids is 1. The molecule has 0 atom stereocenters. The topological polar surface area (TPSA) is 63.2 Å². The second-order valence-corrected chi connectivity index (χ2v) is 5.45. The minimum Gasteiger partial charge on any atom is -0.384 e. The molecule has 5 nitrogen and oxygen atoms in total. The molecule has 0 spiro atoms. The zero-order chi connectivity index (χ0) is 12.8. The third-order valence-electron chi connectivity index (χ3n) is 3.04. The Balaban J connectivity index is 1.87. The van der Waals surface area contributed by atoms with Crippen LogP contribution in [0.5, 0.6) is 0 Å². The zero-order valence-electron chi connectivity index (χ0n) is 10.6. The van der Waals surface area contributed by atoms with Gasteiger partial charge in [-0.2, -0.15) is 0 Å². The molecule has 0 radical (unpaired) electrons. The lowest BCUT2D eigenvalue weighted by molar-refractivity contribution is -0.117. The summed E-state index contributed by atoms with van der Waals surface area (Å²) in [5.41, 5.74) is 0. The molecule has 1 aliphatic heterocycles. The van der Waals surface area contributed by atoms with Crippen LogP contribution in [-0.4, -0.2) is 37.7 Å². The van der Waals surface area contributed by atoms with Gasteiger partial charge in [0.1, 0.15) is 0 Å². The molecule has 1 aliphatic rings. The van der Waals surface area contributed by atoms with E-state index >= 15 is 0 Å². The van der Waals surface area contributed by atoms with Crippen molar-refractivity contribution in [1.82, 2.24) is 10.3 Å². The minimum atomic E-state index is -0.0388. The molecule has 18 heavy (non-hydrogen) atoms. The SMILES string of the molecule is COCCC(=O)Nc1ncc(C2CCNCC2)s1. The quantitative estimate of drug-likeness (QED) is 0.852. The number of nitrogens with one attached hydrogen (secondary N) is 2. The smallest absolute Gasteiger partial charge is 0.228 e. The van der Waals surface area contributed by atoms with Crippen LogP contribution in [0.4, 0.5) is 5.13 Å². The number of anilines is 1. The Morgan fingerprint density at radius 3 is 3.11 bits per heavy atom. The summed E-state index contributed by atoms with van der Waals surface area (Å²) in [7, 11) is 1.59. The van der Waals surface area contributed by atoms with Crippen LogP contribution in [0.15, 0.2) is 6.20 Å². The molecular weight excluding hydrogens is 250 g/mol. The number of thiazole rings is 1. The van der Waals surface area contributed by atoms with Crippen LogP contribution in [0.25, 0.3) is 0 Å². The van der Waals surface area contributed by atoms with Gasteiger partial charge in [0, 0.05) is 18.2 Å². The predicted octanol–water partition coefficient (Wildman–Crippen LogP) is 1.59. The van der Waals surface area contributed by atoms with Crippen molar-refractivity contribution in [1.29, 1.82) is 0 Å². The van der Waals surface area contributed by atoms with Gasteiger partial charge in [-0.05, 0) is 31.8 Å². The van der Waals surface area contributed by atoms with E-state index in [9.17, 15) is 4.79 Å². The first-order valence-electron chi connectivity index (χ1n) is 6.25. The molecule has 1 saturated heterocycles. The first-order valence-corrected chi connectivity index (χ1v) is 7.06. The van der Waals surface area contributed by atoms with Crippen molar-refractivity contribution in [2.24, 2.45) is 0 Å². The largest absolute Gasteiger partial charge is 0.384 e. The van der Waals surface area contributed by atoms with Crippen molar-refractivity contribution < 1.29 is 9.53 Å². The van der Waals surface area contributed by atoms with Crippen LogP contribution < -0.4 is 10.6 Å². The lowest BCUT2D eigenvalue weighted by Gasteiger charge is -2.20. The van der Waals surface area contributed by atoms with Gasteiger partial charge in [0.2, 0.25) is 5.91 Å². The normalized spacial score (nSPS) is 16.7. The van der Waals surface area contributed by atoms with Gasteiger partial charge in [-0.15, -0.1) is 11.3 Å². The number of methoxy groups -OCH3 is 1. The standard InChI is InChI=1S/C12H19N3O2S/c1-17-7-4-11(16)15-12-14-8-10(18-12)9-2-5-13-6-3-9/h8-9,13H,2-7H2,1H3,(H,14,15,16). The summed E-state index contributed by atoms with van der Waals surface area (Å²) < 4.78 is 4.87. The molecule has 0 bridgehead atoms. The van der Waals surface area contributed by atoms with Gasteiger partial charge in [-0.25, -0.2) is 4.98 Å². The molecule has 1 aromatic heterocycles. The van der Waals surface area contributed by atoms with Gasteiger partial charge < -0.3 is 15.4 Å². The predicted molar refractivity (Wildman–Crippen MR) is 72.1 cm³/mol. The maximum absolute atomic E-state index is 11.5. The van der Waals surface area contributed by atoms with Crippen LogP contribution in [0, 0.1) is 0 Å². The second-order valence-electron chi connectivity index (χ2n) is 4.38. The van der Waals surface area contributed by atoms with Gasteiger partial charge in [0.25, 0.3) is 0 Å². The fourth-order valence-electron chi connectivity index (χ4n) is 2.02. The van der Waals surface area contributed by atoms with Crippen LogP contribution >= 0.6 is 11.3 Å². The average molecular weight is 269 g/mol. The highest BCUT2D eigenvalue weighted by Gasteiger charge is 2.18. The Morgan fingerprint density at radius 2 is 2.39 bits per heavy atom. The van der Waals surface area contributed by atoms with Gasteiger partial charge in [0.05, 0.1) is 13.0 Å². The van der Waals surface area contributed by atoms with Crippen LogP contribution in [0.3, 0.4) is 0 Å². The summed E-state index contributed by atoms with van der Waals surface area (Å²) in [5.74, 6) is 0.552. The minimum absolute atomic E-state index is 0.0388. The van der Waals surface area contributed by atoms with E-state index in [1.807, 2.05) is 6.20 Å².